The largest absolute Gasteiger partial charge is 0.361 e. The molecule has 3 aliphatic heterocycles. The van der Waals surface area contributed by atoms with E-state index in [2.05, 4.69) is 5.32 Å². The van der Waals surface area contributed by atoms with Crippen molar-refractivity contribution in [1.82, 2.24) is 5.32 Å². The summed E-state index contributed by atoms with van der Waals surface area (Å²) in [7, 11) is 1.96. The minimum Gasteiger partial charge on any atom is -0.361 e. The summed E-state index contributed by atoms with van der Waals surface area (Å²) >= 11 is 0. The smallest absolute Gasteiger partial charge is 0.301 e. The number of rotatable bonds is 2. The second kappa shape index (κ2) is 2.32. The van der Waals surface area contributed by atoms with Crippen LogP contribution in [-0.2, 0) is 9.53 Å². The van der Waals surface area contributed by atoms with E-state index in [0.717, 1.165) is 25.9 Å². The van der Waals surface area contributed by atoms with Crippen LogP contribution < -0.4 is 5.32 Å². The van der Waals surface area contributed by atoms with Gasteiger partial charge in [0.05, 0.1) is 12.6 Å². The van der Waals surface area contributed by atoms with Crippen molar-refractivity contribution in [2.75, 3.05) is 20.1 Å². The predicted octanol–water partition coefficient (Wildman–Crippen LogP) is -0.899. The highest BCUT2D eigenvalue weighted by molar-refractivity contribution is 5.41. The highest BCUT2D eigenvalue weighted by Crippen LogP contribution is 2.44. The van der Waals surface area contributed by atoms with Crippen LogP contribution in [0.15, 0.2) is 0 Å². The molecular weight excluding hydrogens is 168 g/mol. The zero-order valence-electron chi connectivity index (χ0n) is 7.77. The van der Waals surface area contributed by atoms with Gasteiger partial charge in [-0.1, -0.05) is 0 Å². The minimum atomic E-state index is 0.271. The molecule has 72 valence electrons. The van der Waals surface area contributed by atoms with Crippen LogP contribution in [0, 0.1) is 0 Å². The first-order valence-electron chi connectivity index (χ1n) is 4.96. The number of nitrogens with zero attached hydrogens (tertiary/aromatic N) is 1. The van der Waals surface area contributed by atoms with E-state index in [-0.39, 0.29) is 6.10 Å². The fourth-order valence-electron chi connectivity index (χ4n) is 3.47. The molecule has 3 aliphatic rings. The van der Waals surface area contributed by atoms with Crippen LogP contribution in [0.25, 0.3) is 0 Å². The Morgan fingerprint density at radius 1 is 1.54 bits per heavy atom. The molecule has 0 saturated carbocycles. The molecule has 4 heteroatoms. The fraction of sp³-hybridized carbons (Fsp3) is 0.889. The fourth-order valence-corrected chi connectivity index (χ4v) is 3.47. The van der Waals surface area contributed by atoms with Crippen molar-refractivity contribution in [3.05, 3.63) is 0 Å². The third kappa shape index (κ3) is 0.747. The molecule has 0 radical (unpaired) electrons. The standard InChI is InChI=1S/C9H15N2O2/c1-10-8-7-4-11(5-12)3-2-6(13-7)9(8)11/h5-10H,2-4H2,1H3/q+1/t6-,7+,8-,9+,11-/m0/s1. The van der Waals surface area contributed by atoms with E-state index < -0.39 is 0 Å². The second-order valence-corrected chi connectivity index (χ2v) is 4.42. The third-order valence-electron chi connectivity index (χ3n) is 3.99. The van der Waals surface area contributed by atoms with Crippen molar-refractivity contribution in [3.8, 4) is 0 Å². The summed E-state index contributed by atoms with van der Waals surface area (Å²) in [5.41, 5.74) is 0. The SMILES string of the molecule is CN[C@@H]1[C@H]2[C@@H]3CC[N@@+]2(C=O)C[C@H]1O3. The normalized spacial score (nSPS) is 57.3. The highest BCUT2D eigenvalue weighted by Gasteiger charge is 2.67. The van der Waals surface area contributed by atoms with Gasteiger partial charge in [-0.2, -0.15) is 0 Å². The van der Waals surface area contributed by atoms with Gasteiger partial charge in [-0.3, -0.25) is 4.48 Å². The molecule has 3 saturated heterocycles. The topological polar surface area (TPSA) is 38.3 Å². The number of likely N-dealkylation sites (N-methyl/N-ethyl adjacent to an activating group) is 1. The lowest BCUT2D eigenvalue weighted by molar-refractivity contribution is -0.853. The Morgan fingerprint density at radius 2 is 2.38 bits per heavy atom. The maximum atomic E-state index is 11.1. The van der Waals surface area contributed by atoms with E-state index in [0.29, 0.717) is 22.7 Å². The summed E-state index contributed by atoms with van der Waals surface area (Å²) in [6.45, 7) is 1.86. The van der Waals surface area contributed by atoms with Gasteiger partial charge in [0.15, 0.2) is 0 Å². The molecule has 0 aromatic heterocycles. The number of hydrogen-bond donors (Lipinski definition) is 1. The number of hydrogen-bond acceptors (Lipinski definition) is 3. The molecule has 1 N–H and O–H groups in total. The van der Waals surface area contributed by atoms with Crippen LogP contribution in [0.2, 0.25) is 0 Å². The first-order valence-corrected chi connectivity index (χ1v) is 4.96. The van der Waals surface area contributed by atoms with Gasteiger partial charge >= 0.3 is 6.41 Å². The van der Waals surface area contributed by atoms with Gasteiger partial charge in [-0.05, 0) is 7.05 Å². The Labute approximate surface area is 77.4 Å². The Kier molecular flexibility index (Phi) is 1.41. The molecule has 2 bridgehead atoms. The minimum absolute atomic E-state index is 0.271. The maximum absolute atomic E-state index is 11.1. The number of carbonyl (C=O) groups excluding carboxylic acids is 1. The van der Waals surface area contributed by atoms with E-state index in [4.69, 9.17) is 4.74 Å². The summed E-state index contributed by atoms with van der Waals surface area (Å²) in [5, 5.41) is 3.29. The number of nitrogens with one attached hydrogen (secondary N) is 1. The highest BCUT2D eigenvalue weighted by atomic mass is 16.5. The van der Waals surface area contributed by atoms with Crippen molar-refractivity contribution >= 4 is 6.41 Å². The summed E-state index contributed by atoms with van der Waals surface area (Å²) in [6.07, 6.45) is 2.80. The Hall–Kier alpha value is -0.450. The van der Waals surface area contributed by atoms with Crippen molar-refractivity contribution in [1.29, 1.82) is 0 Å². The van der Waals surface area contributed by atoms with Crippen LogP contribution in [0.1, 0.15) is 6.42 Å². The number of ether oxygens (including phenoxy) is 1. The van der Waals surface area contributed by atoms with E-state index in [1.807, 2.05) is 7.05 Å². The molecule has 0 spiro atoms. The van der Waals surface area contributed by atoms with Crippen molar-refractivity contribution < 1.29 is 14.0 Å². The lowest BCUT2D eigenvalue weighted by Crippen LogP contribution is -2.53. The third-order valence-corrected chi connectivity index (χ3v) is 3.99. The molecule has 4 nitrogen and oxygen atoms in total. The summed E-state index contributed by atoms with van der Waals surface area (Å²) in [6, 6.07) is 0.796. The number of quaternary nitrogens is 1. The van der Waals surface area contributed by atoms with E-state index in [9.17, 15) is 4.79 Å². The monoisotopic (exact) mass is 183 g/mol. The number of fused-ring (bicyclic) bond motifs is 1. The average molecular weight is 183 g/mol. The van der Waals surface area contributed by atoms with Crippen LogP contribution in [0.5, 0.6) is 0 Å². The molecule has 3 heterocycles. The van der Waals surface area contributed by atoms with Crippen LogP contribution in [-0.4, -0.2) is 55.3 Å². The lowest BCUT2D eigenvalue weighted by Gasteiger charge is -2.30. The number of amides is 1. The summed E-state index contributed by atoms with van der Waals surface area (Å²) in [4.78, 5) is 11.1. The van der Waals surface area contributed by atoms with E-state index in [1.54, 1.807) is 0 Å². The predicted molar refractivity (Wildman–Crippen MR) is 46.0 cm³/mol. The molecule has 13 heavy (non-hydrogen) atoms. The first kappa shape index (κ1) is 7.91. The van der Waals surface area contributed by atoms with Crippen LogP contribution >= 0.6 is 0 Å². The molecule has 0 aromatic rings. The Morgan fingerprint density at radius 3 is 3.00 bits per heavy atom. The van der Waals surface area contributed by atoms with Crippen LogP contribution in [0.3, 0.4) is 0 Å². The van der Waals surface area contributed by atoms with Gasteiger partial charge in [0.2, 0.25) is 0 Å². The van der Waals surface area contributed by atoms with Gasteiger partial charge in [-0.25, -0.2) is 4.79 Å². The molecule has 1 amide bonds. The molecule has 0 aliphatic carbocycles. The van der Waals surface area contributed by atoms with Gasteiger partial charge in [0.1, 0.15) is 24.8 Å². The number of morpholine rings is 1. The van der Waals surface area contributed by atoms with Gasteiger partial charge in [-0.15, -0.1) is 0 Å². The van der Waals surface area contributed by atoms with Gasteiger partial charge in [0.25, 0.3) is 0 Å². The van der Waals surface area contributed by atoms with Crippen LogP contribution in [0.4, 0.5) is 0 Å². The van der Waals surface area contributed by atoms with E-state index in [1.165, 1.54) is 0 Å². The molecule has 3 rings (SSSR count). The van der Waals surface area contributed by atoms with Crippen molar-refractivity contribution in [3.63, 3.8) is 0 Å². The summed E-state index contributed by atoms with van der Waals surface area (Å²) in [5.74, 6) is 0. The summed E-state index contributed by atoms with van der Waals surface area (Å²) < 4.78 is 6.50. The molecule has 0 unspecified atom stereocenters. The zero-order chi connectivity index (χ0) is 9.05. The van der Waals surface area contributed by atoms with Gasteiger partial charge in [0, 0.05) is 6.42 Å². The molecule has 3 fully saturated rings. The number of carbonyl (C=O) groups is 1. The average Bonchev–Trinajstić information content (AvgIpc) is 2.69. The van der Waals surface area contributed by atoms with Crippen molar-refractivity contribution in [2.45, 2.75) is 30.7 Å². The Bertz CT molecular complexity index is 258. The molecule has 0 aromatic carbocycles. The molecule has 5 atom stereocenters. The van der Waals surface area contributed by atoms with Gasteiger partial charge < -0.3 is 10.1 Å². The van der Waals surface area contributed by atoms with Crippen molar-refractivity contribution in [2.24, 2.45) is 0 Å². The Balaban J connectivity index is 2.01. The quantitative estimate of drug-likeness (QED) is 0.445. The maximum Gasteiger partial charge on any atom is 0.301 e. The second-order valence-electron chi connectivity index (χ2n) is 4.42. The molecular formula is C9H15N2O2+. The first-order chi connectivity index (χ1) is 6.30. The van der Waals surface area contributed by atoms with E-state index >= 15 is 0 Å². The zero-order valence-corrected chi connectivity index (χ0v) is 7.77. The lowest BCUT2D eigenvalue weighted by atomic mass is 10.1.